The SMILES string of the molecule is CCNC(=NCc1ccnc(N2CCCC2)c1)NCCCOCC1CCOCC1.I. The van der Waals surface area contributed by atoms with Crippen LogP contribution < -0.4 is 15.5 Å². The number of guanidine groups is 1. The molecular weight excluding hydrogens is 493 g/mol. The fraction of sp³-hybridized carbons (Fsp3) is 0.727. The predicted octanol–water partition coefficient (Wildman–Crippen LogP) is 3.19. The highest BCUT2D eigenvalue weighted by molar-refractivity contribution is 14.0. The minimum atomic E-state index is 0. The van der Waals surface area contributed by atoms with Gasteiger partial charge in [-0.25, -0.2) is 9.98 Å². The minimum Gasteiger partial charge on any atom is -0.381 e. The quantitative estimate of drug-likeness (QED) is 0.209. The van der Waals surface area contributed by atoms with Crippen LogP contribution in [0.5, 0.6) is 0 Å². The van der Waals surface area contributed by atoms with Gasteiger partial charge in [0, 0.05) is 58.8 Å². The van der Waals surface area contributed by atoms with Crippen molar-refractivity contribution >= 4 is 35.8 Å². The molecule has 0 unspecified atom stereocenters. The van der Waals surface area contributed by atoms with Crippen LogP contribution in [0.3, 0.4) is 0 Å². The van der Waals surface area contributed by atoms with Crippen molar-refractivity contribution in [3.63, 3.8) is 0 Å². The lowest BCUT2D eigenvalue weighted by atomic mass is 10.0. The van der Waals surface area contributed by atoms with E-state index < -0.39 is 0 Å². The van der Waals surface area contributed by atoms with E-state index in [-0.39, 0.29) is 24.0 Å². The zero-order valence-corrected chi connectivity index (χ0v) is 20.6. The Morgan fingerprint density at radius 3 is 2.83 bits per heavy atom. The van der Waals surface area contributed by atoms with Crippen LogP contribution in [0.1, 0.15) is 44.6 Å². The summed E-state index contributed by atoms with van der Waals surface area (Å²) < 4.78 is 11.2. The third kappa shape index (κ3) is 8.93. The van der Waals surface area contributed by atoms with Crippen LogP contribution in [-0.2, 0) is 16.0 Å². The monoisotopic (exact) mass is 531 g/mol. The number of nitrogens with zero attached hydrogens (tertiary/aromatic N) is 3. The molecule has 2 fully saturated rings. The van der Waals surface area contributed by atoms with Gasteiger partial charge in [-0.3, -0.25) is 0 Å². The summed E-state index contributed by atoms with van der Waals surface area (Å²) in [5, 5.41) is 6.74. The van der Waals surface area contributed by atoms with Gasteiger partial charge in [-0.2, -0.15) is 0 Å². The second-order valence-corrected chi connectivity index (χ2v) is 7.82. The summed E-state index contributed by atoms with van der Waals surface area (Å²) >= 11 is 0. The van der Waals surface area contributed by atoms with E-state index in [0.717, 1.165) is 83.6 Å². The first kappa shape index (κ1) is 25.1. The maximum absolute atomic E-state index is 5.84. The molecule has 3 rings (SSSR count). The maximum Gasteiger partial charge on any atom is 0.191 e. The Kier molecular flexibility index (Phi) is 12.4. The van der Waals surface area contributed by atoms with E-state index in [1.54, 1.807) is 0 Å². The smallest absolute Gasteiger partial charge is 0.191 e. The Morgan fingerprint density at radius 1 is 1.27 bits per heavy atom. The standard InChI is InChI=1S/C22H37N5O2.HI/c1-2-23-22(25-9-5-13-29-18-19-7-14-28-15-8-19)26-17-20-6-10-24-21(16-20)27-11-3-4-12-27;/h6,10,16,19H,2-5,7-9,11-15,17-18H2,1H3,(H2,23,25,26);1H. The fourth-order valence-corrected chi connectivity index (χ4v) is 3.73. The summed E-state index contributed by atoms with van der Waals surface area (Å²) in [4.78, 5) is 11.6. The molecule has 3 heterocycles. The summed E-state index contributed by atoms with van der Waals surface area (Å²) in [5.74, 6) is 2.60. The molecule has 0 amide bonds. The molecule has 0 radical (unpaired) electrons. The molecule has 8 heteroatoms. The van der Waals surface area contributed by atoms with E-state index in [9.17, 15) is 0 Å². The Bertz CT molecular complexity index is 619. The van der Waals surface area contributed by atoms with Crippen molar-refractivity contribution in [1.29, 1.82) is 0 Å². The molecule has 7 nitrogen and oxygen atoms in total. The van der Waals surface area contributed by atoms with E-state index in [0.29, 0.717) is 12.5 Å². The van der Waals surface area contributed by atoms with Gasteiger partial charge in [-0.05, 0) is 62.6 Å². The van der Waals surface area contributed by atoms with Gasteiger partial charge in [0.15, 0.2) is 5.96 Å². The molecule has 0 spiro atoms. The first-order chi connectivity index (χ1) is 14.3. The Labute approximate surface area is 198 Å². The van der Waals surface area contributed by atoms with Crippen molar-refractivity contribution in [2.45, 2.75) is 45.6 Å². The first-order valence-corrected chi connectivity index (χ1v) is 11.2. The number of hydrogen-bond acceptors (Lipinski definition) is 5. The lowest BCUT2D eigenvalue weighted by Gasteiger charge is -2.21. The van der Waals surface area contributed by atoms with Crippen LogP contribution in [0.15, 0.2) is 23.3 Å². The molecule has 2 aliphatic heterocycles. The molecule has 2 aliphatic rings. The molecule has 170 valence electrons. The van der Waals surface area contributed by atoms with Crippen LogP contribution >= 0.6 is 24.0 Å². The molecule has 0 bridgehead atoms. The summed E-state index contributed by atoms with van der Waals surface area (Å²) in [6.45, 7) is 10.1. The van der Waals surface area contributed by atoms with Crippen LogP contribution in [0.4, 0.5) is 5.82 Å². The molecule has 0 aliphatic carbocycles. The predicted molar refractivity (Wildman–Crippen MR) is 133 cm³/mol. The highest BCUT2D eigenvalue weighted by Gasteiger charge is 2.14. The Morgan fingerprint density at radius 2 is 2.07 bits per heavy atom. The van der Waals surface area contributed by atoms with Crippen molar-refractivity contribution in [2.75, 3.05) is 57.5 Å². The molecule has 0 saturated carbocycles. The number of rotatable bonds is 10. The summed E-state index contributed by atoms with van der Waals surface area (Å²) in [7, 11) is 0. The average Bonchev–Trinajstić information content (AvgIpc) is 3.30. The lowest BCUT2D eigenvalue weighted by Crippen LogP contribution is -2.38. The van der Waals surface area contributed by atoms with E-state index in [2.05, 4.69) is 39.6 Å². The van der Waals surface area contributed by atoms with Crippen molar-refractivity contribution < 1.29 is 9.47 Å². The van der Waals surface area contributed by atoms with Crippen LogP contribution in [0.25, 0.3) is 0 Å². The molecule has 2 N–H and O–H groups in total. The van der Waals surface area contributed by atoms with E-state index >= 15 is 0 Å². The number of nitrogens with one attached hydrogen (secondary N) is 2. The normalized spacial score (nSPS) is 17.6. The highest BCUT2D eigenvalue weighted by atomic mass is 127. The molecule has 30 heavy (non-hydrogen) atoms. The van der Waals surface area contributed by atoms with E-state index in [1.165, 1.54) is 18.4 Å². The second-order valence-electron chi connectivity index (χ2n) is 7.82. The molecule has 0 aromatic carbocycles. The van der Waals surface area contributed by atoms with Gasteiger partial charge in [0.2, 0.25) is 0 Å². The van der Waals surface area contributed by atoms with E-state index in [4.69, 9.17) is 14.5 Å². The van der Waals surface area contributed by atoms with Gasteiger partial charge in [-0.1, -0.05) is 0 Å². The van der Waals surface area contributed by atoms with Crippen molar-refractivity contribution in [1.82, 2.24) is 15.6 Å². The third-order valence-electron chi connectivity index (χ3n) is 5.46. The van der Waals surface area contributed by atoms with Gasteiger partial charge in [0.05, 0.1) is 6.54 Å². The second kappa shape index (κ2) is 14.8. The minimum absolute atomic E-state index is 0. The number of ether oxygens (including phenoxy) is 2. The molecule has 0 atom stereocenters. The largest absolute Gasteiger partial charge is 0.381 e. The number of hydrogen-bond donors (Lipinski definition) is 2. The molecule has 1 aromatic rings. The van der Waals surface area contributed by atoms with Crippen LogP contribution in [0, 0.1) is 5.92 Å². The number of aromatic nitrogens is 1. The van der Waals surface area contributed by atoms with E-state index in [1.807, 2.05) is 6.20 Å². The number of halogens is 1. The van der Waals surface area contributed by atoms with Crippen LogP contribution in [-0.4, -0.2) is 63.6 Å². The number of aliphatic imine (C=N–C) groups is 1. The third-order valence-corrected chi connectivity index (χ3v) is 5.46. The molecule has 1 aromatic heterocycles. The topological polar surface area (TPSA) is 71.0 Å². The van der Waals surface area contributed by atoms with Crippen molar-refractivity contribution in [2.24, 2.45) is 10.9 Å². The number of pyridine rings is 1. The van der Waals surface area contributed by atoms with Gasteiger partial charge in [-0.15, -0.1) is 24.0 Å². The van der Waals surface area contributed by atoms with Gasteiger partial charge < -0.3 is 25.0 Å². The van der Waals surface area contributed by atoms with Gasteiger partial charge >= 0.3 is 0 Å². The Balaban J connectivity index is 0.00000320. The van der Waals surface area contributed by atoms with Crippen LogP contribution in [0.2, 0.25) is 0 Å². The number of anilines is 1. The highest BCUT2D eigenvalue weighted by Crippen LogP contribution is 2.18. The zero-order chi connectivity index (χ0) is 20.2. The molecule has 2 saturated heterocycles. The van der Waals surface area contributed by atoms with Crippen molar-refractivity contribution in [3.05, 3.63) is 23.9 Å². The Hall–Kier alpha value is -1.13. The molecular formula is C22H38IN5O2. The summed E-state index contributed by atoms with van der Waals surface area (Å²) in [6, 6.07) is 4.22. The first-order valence-electron chi connectivity index (χ1n) is 11.2. The lowest BCUT2D eigenvalue weighted by molar-refractivity contribution is 0.0203. The maximum atomic E-state index is 5.84. The average molecular weight is 531 g/mol. The fourth-order valence-electron chi connectivity index (χ4n) is 3.73. The van der Waals surface area contributed by atoms with Gasteiger partial charge in [0.25, 0.3) is 0 Å². The summed E-state index contributed by atoms with van der Waals surface area (Å²) in [5.41, 5.74) is 1.19. The van der Waals surface area contributed by atoms with Crippen molar-refractivity contribution in [3.8, 4) is 0 Å². The van der Waals surface area contributed by atoms with Gasteiger partial charge in [0.1, 0.15) is 5.82 Å². The zero-order valence-electron chi connectivity index (χ0n) is 18.3. The summed E-state index contributed by atoms with van der Waals surface area (Å²) in [6.07, 6.45) is 7.65.